The highest BCUT2D eigenvalue weighted by atomic mass is 15.4. The second-order valence-electron chi connectivity index (χ2n) is 4.98. The van der Waals surface area contributed by atoms with E-state index in [9.17, 15) is 0 Å². The van der Waals surface area contributed by atoms with Crippen LogP contribution in [0.1, 0.15) is 25.1 Å². The molecule has 0 saturated carbocycles. The molecule has 2 N–H and O–H groups in total. The number of hydrogen-bond acceptors (Lipinski definition) is 3. The first-order chi connectivity index (χ1) is 8.63. The Labute approximate surface area is 108 Å². The zero-order valence-electron chi connectivity index (χ0n) is 11.2. The Morgan fingerprint density at radius 1 is 1.28 bits per heavy atom. The Hall–Kier alpha value is -1.68. The Balaban J connectivity index is 2.54. The SMILES string of the molecule is Cc1ccccc1-c1c(CN)nnn1CC(C)C. The Morgan fingerprint density at radius 2 is 2.00 bits per heavy atom. The summed E-state index contributed by atoms with van der Waals surface area (Å²) in [5.41, 5.74) is 10.1. The van der Waals surface area contributed by atoms with Gasteiger partial charge in [0.05, 0.1) is 5.69 Å². The molecule has 1 aromatic heterocycles. The summed E-state index contributed by atoms with van der Waals surface area (Å²) >= 11 is 0. The molecule has 0 bridgehead atoms. The third-order valence-electron chi connectivity index (χ3n) is 2.94. The van der Waals surface area contributed by atoms with Gasteiger partial charge < -0.3 is 5.73 Å². The van der Waals surface area contributed by atoms with Gasteiger partial charge in [-0.2, -0.15) is 0 Å². The van der Waals surface area contributed by atoms with E-state index in [0.29, 0.717) is 12.5 Å². The summed E-state index contributed by atoms with van der Waals surface area (Å²) in [5.74, 6) is 0.528. The Bertz CT molecular complexity index is 528. The summed E-state index contributed by atoms with van der Waals surface area (Å²) in [4.78, 5) is 0. The topological polar surface area (TPSA) is 56.7 Å². The first kappa shape index (κ1) is 12.8. The van der Waals surface area contributed by atoms with Crippen LogP contribution in [0.15, 0.2) is 24.3 Å². The van der Waals surface area contributed by atoms with Crippen molar-refractivity contribution < 1.29 is 0 Å². The van der Waals surface area contributed by atoms with Crippen LogP contribution in [0.5, 0.6) is 0 Å². The quantitative estimate of drug-likeness (QED) is 0.898. The second-order valence-corrected chi connectivity index (χ2v) is 4.98. The highest BCUT2D eigenvalue weighted by Crippen LogP contribution is 2.25. The third kappa shape index (κ3) is 2.43. The maximum atomic E-state index is 5.77. The molecule has 4 heteroatoms. The summed E-state index contributed by atoms with van der Waals surface area (Å²) in [6.45, 7) is 7.72. The van der Waals surface area contributed by atoms with Crippen molar-refractivity contribution in [3.05, 3.63) is 35.5 Å². The van der Waals surface area contributed by atoms with E-state index in [0.717, 1.165) is 17.9 Å². The van der Waals surface area contributed by atoms with E-state index in [1.165, 1.54) is 11.1 Å². The Kier molecular flexibility index (Phi) is 3.77. The summed E-state index contributed by atoms with van der Waals surface area (Å²) in [6.07, 6.45) is 0. The number of rotatable bonds is 4. The van der Waals surface area contributed by atoms with Crippen molar-refractivity contribution >= 4 is 0 Å². The molecule has 0 aliphatic heterocycles. The average Bonchev–Trinajstić information content (AvgIpc) is 2.72. The van der Waals surface area contributed by atoms with Gasteiger partial charge in [0.1, 0.15) is 5.69 Å². The lowest BCUT2D eigenvalue weighted by Gasteiger charge is -2.11. The zero-order valence-corrected chi connectivity index (χ0v) is 11.2. The van der Waals surface area contributed by atoms with Crippen LogP contribution in [0.25, 0.3) is 11.3 Å². The molecule has 96 valence electrons. The minimum atomic E-state index is 0.418. The van der Waals surface area contributed by atoms with Gasteiger partial charge in [0.2, 0.25) is 0 Å². The molecule has 2 aromatic rings. The maximum Gasteiger partial charge on any atom is 0.104 e. The molecule has 2 rings (SSSR count). The van der Waals surface area contributed by atoms with Gasteiger partial charge in [-0.15, -0.1) is 5.10 Å². The molecule has 1 aromatic carbocycles. The molecule has 0 fully saturated rings. The molecular formula is C14H20N4. The summed E-state index contributed by atoms with van der Waals surface area (Å²) < 4.78 is 1.97. The highest BCUT2D eigenvalue weighted by molar-refractivity contribution is 5.65. The molecule has 18 heavy (non-hydrogen) atoms. The van der Waals surface area contributed by atoms with Crippen LogP contribution in [0.3, 0.4) is 0 Å². The zero-order chi connectivity index (χ0) is 13.1. The molecule has 1 heterocycles. The predicted octanol–water partition coefficient (Wildman–Crippen LogP) is 2.37. The lowest BCUT2D eigenvalue weighted by Crippen LogP contribution is -2.09. The van der Waals surface area contributed by atoms with Gasteiger partial charge in [-0.1, -0.05) is 43.3 Å². The van der Waals surface area contributed by atoms with Gasteiger partial charge in [0, 0.05) is 18.7 Å². The Morgan fingerprint density at radius 3 is 2.61 bits per heavy atom. The first-order valence-corrected chi connectivity index (χ1v) is 6.32. The predicted molar refractivity (Wildman–Crippen MR) is 72.9 cm³/mol. The third-order valence-corrected chi connectivity index (χ3v) is 2.94. The van der Waals surface area contributed by atoms with Crippen molar-refractivity contribution in [1.82, 2.24) is 15.0 Å². The molecule has 0 unspecified atom stereocenters. The van der Waals surface area contributed by atoms with Crippen molar-refractivity contribution in [3.8, 4) is 11.3 Å². The molecule has 0 radical (unpaired) electrons. The molecule has 0 saturated heterocycles. The van der Waals surface area contributed by atoms with Crippen molar-refractivity contribution in [1.29, 1.82) is 0 Å². The van der Waals surface area contributed by atoms with E-state index in [-0.39, 0.29) is 0 Å². The van der Waals surface area contributed by atoms with Crippen molar-refractivity contribution in [2.45, 2.75) is 33.9 Å². The van der Waals surface area contributed by atoms with Gasteiger partial charge >= 0.3 is 0 Å². The minimum absolute atomic E-state index is 0.418. The molecule has 4 nitrogen and oxygen atoms in total. The molecule has 0 atom stereocenters. The lowest BCUT2D eigenvalue weighted by atomic mass is 10.0. The first-order valence-electron chi connectivity index (χ1n) is 6.32. The summed E-state index contributed by atoms with van der Waals surface area (Å²) in [5, 5.41) is 8.42. The molecule has 0 amide bonds. The molecular weight excluding hydrogens is 224 g/mol. The number of aromatic nitrogens is 3. The standard InChI is InChI=1S/C14H20N4/c1-10(2)9-18-14(13(8-15)16-17-18)12-7-5-4-6-11(12)3/h4-7,10H,8-9,15H2,1-3H3. The monoisotopic (exact) mass is 244 g/mol. The fraction of sp³-hybridized carbons (Fsp3) is 0.429. The van der Waals surface area contributed by atoms with E-state index < -0.39 is 0 Å². The molecule has 0 spiro atoms. The van der Waals surface area contributed by atoms with Crippen LogP contribution in [-0.2, 0) is 13.1 Å². The van der Waals surface area contributed by atoms with E-state index in [1.54, 1.807) is 0 Å². The van der Waals surface area contributed by atoms with Crippen LogP contribution < -0.4 is 5.73 Å². The van der Waals surface area contributed by atoms with E-state index in [1.807, 2.05) is 16.8 Å². The minimum Gasteiger partial charge on any atom is -0.325 e. The van der Waals surface area contributed by atoms with Crippen LogP contribution in [0, 0.1) is 12.8 Å². The summed E-state index contributed by atoms with van der Waals surface area (Å²) in [7, 11) is 0. The van der Waals surface area contributed by atoms with Gasteiger partial charge in [-0.05, 0) is 18.4 Å². The number of aryl methyl sites for hydroxylation is 1. The fourth-order valence-corrected chi connectivity index (χ4v) is 2.09. The van der Waals surface area contributed by atoms with Gasteiger partial charge in [0.15, 0.2) is 0 Å². The lowest BCUT2D eigenvalue weighted by molar-refractivity contribution is 0.475. The summed E-state index contributed by atoms with van der Waals surface area (Å²) in [6, 6.07) is 8.28. The van der Waals surface area contributed by atoms with E-state index in [2.05, 4.69) is 43.2 Å². The van der Waals surface area contributed by atoms with Crippen molar-refractivity contribution in [3.63, 3.8) is 0 Å². The second kappa shape index (κ2) is 5.31. The fourth-order valence-electron chi connectivity index (χ4n) is 2.09. The molecule has 0 aliphatic carbocycles. The average molecular weight is 244 g/mol. The van der Waals surface area contributed by atoms with Crippen LogP contribution in [-0.4, -0.2) is 15.0 Å². The molecule has 0 aliphatic rings. The van der Waals surface area contributed by atoms with Crippen LogP contribution in [0.4, 0.5) is 0 Å². The van der Waals surface area contributed by atoms with Crippen LogP contribution in [0.2, 0.25) is 0 Å². The smallest absolute Gasteiger partial charge is 0.104 e. The van der Waals surface area contributed by atoms with Crippen molar-refractivity contribution in [2.75, 3.05) is 0 Å². The number of nitrogens with two attached hydrogens (primary N) is 1. The van der Waals surface area contributed by atoms with Gasteiger partial charge in [-0.25, -0.2) is 4.68 Å². The van der Waals surface area contributed by atoms with Gasteiger partial charge in [0.25, 0.3) is 0 Å². The normalized spacial score (nSPS) is 11.2. The largest absolute Gasteiger partial charge is 0.325 e. The van der Waals surface area contributed by atoms with Gasteiger partial charge in [-0.3, -0.25) is 0 Å². The number of nitrogens with zero attached hydrogens (tertiary/aromatic N) is 3. The van der Waals surface area contributed by atoms with Crippen LogP contribution >= 0.6 is 0 Å². The maximum absolute atomic E-state index is 5.77. The van der Waals surface area contributed by atoms with E-state index in [4.69, 9.17) is 5.73 Å². The highest BCUT2D eigenvalue weighted by Gasteiger charge is 2.15. The van der Waals surface area contributed by atoms with Crippen molar-refractivity contribution in [2.24, 2.45) is 11.7 Å². The number of benzene rings is 1. The van der Waals surface area contributed by atoms with E-state index >= 15 is 0 Å². The number of hydrogen-bond donors (Lipinski definition) is 1.